The lowest BCUT2D eigenvalue weighted by atomic mass is 9.81. The average Bonchev–Trinajstić information content (AvgIpc) is 2.98. The predicted octanol–water partition coefficient (Wildman–Crippen LogP) is 2.59. The molecule has 2 saturated heterocycles. The molecule has 0 unspecified atom stereocenters. The zero-order valence-electron chi connectivity index (χ0n) is 14.3. The highest BCUT2D eigenvalue weighted by Gasteiger charge is 2.53. The van der Waals surface area contributed by atoms with Crippen molar-refractivity contribution in [2.45, 2.75) is 25.5 Å². The normalized spacial score (nSPS) is 22.1. The molecule has 0 N–H and O–H groups in total. The van der Waals surface area contributed by atoms with Crippen molar-refractivity contribution in [2.75, 3.05) is 26.3 Å². The monoisotopic (exact) mass is 343 g/mol. The summed E-state index contributed by atoms with van der Waals surface area (Å²) >= 11 is 0. The summed E-state index contributed by atoms with van der Waals surface area (Å²) in [6.07, 6.45) is 2.48. The van der Waals surface area contributed by atoms with Gasteiger partial charge in [0.1, 0.15) is 0 Å². The number of aromatic nitrogens is 2. The molecule has 0 aliphatic carbocycles. The number of likely N-dealkylation sites (tertiary alicyclic amines) is 1. The molecule has 2 aromatic heterocycles. The van der Waals surface area contributed by atoms with E-state index in [0.717, 1.165) is 44.0 Å². The van der Waals surface area contributed by atoms with E-state index in [0.29, 0.717) is 6.61 Å². The summed E-state index contributed by atoms with van der Waals surface area (Å²) in [5.41, 5.74) is 1.94. The van der Waals surface area contributed by atoms with Crippen LogP contribution >= 0.6 is 0 Å². The van der Waals surface area contributed by atoms with Crippen molar-refractivity contribution in [2.24, 2.45) is 5.92 Å². The molecule has 1 spiro atoms. The summed E-state index contributed by atoms with van der Waals surface area (Å²) < 4.78 is 25.3. The maximum atomic E-state index is 13.7. The Morgan fingerprint density at radius 3 is 3.00 bits per heavy atom. The number of hydrogen-bond donors (Lipinski definition) is 0. The highest BCUT2D eigenvalue weighted by Crippen LogP contribution is 2.40. The smallest absolute Gasteiger partial charge is 0.250 e. The van der Waals surface area contributed by atoms with E-state index < -0.39 is 5.82 Å². The van der Waals surface area contributed by atoms with E-state index >= 15 is 0 Å². The summed E-state index contributed by atoms with van der Waals surface area (Å²) in [5, 5.41) is 0. The van der Waals surface area contributed by atoms with Crippen molar-refractivity contribution in [3.63, 3.8) is 0 Å². The summed E-state index contributed by atoms with van der Waals surface area (Å²) in [4.78, 5) is 10.8. The van der Waals surface area contributed by atoms with Crippen LogP contribution in [0.1, 0.15) is 17.8 Å². The molecule has 0 radical (unpaired) electrons. The molecule has 2 aliphatic heterocycles. The number of ether oxygens (including phenoxy) is 2. The maximum Gasteiger partial charge on any atom is 0.250 e. The first-order valence-electron chi connectivity index (χ1n) is 8.67. The minimum absolute atomic E-state index is 0.0738. The minimum Gasteiger partial charge on any atom is -0.475 e. The molecule has 2 aliphatic rings. The zero-order valence-corrected chi connectivity index (χ0v) is 14.3. The molecule has 0 bridgehead atoms. The Morgan fingerprint density at radius 2 is 2.20 bits per heavy atom. The SMILES string of the molecule is Cc1cccc(CN2CC3(C2)OCC[C@H]3COc2ncccc2F)n1. The third kappa shape index (κ3) is 3.37. The Labute approximate surface area is 146 Å². The van der Waals surface area contributed by atoms with Gasteiger partial charge in [0.05, 0.1) is 17.9 Å². The Kier molecular flexibility index (Phi) is 4.39. The molecule has 0 saturated carbocycles. The molecule has 0 aromatic carbocycles. The second-order valence-electron chi connectivity index (χ2n) is 6.92. The number of pyridine rings is 2. The van der Waals surface area contributed by atoms with Crippen molar-refractivity contribution in [3.05, 3.63) is 53.7 Å². The first kappa shape index (κ1) is 16.4. The molecule has 2 aromatic rings. The Bertz CT molecular complexity index is 749. The van der Waals surface area contributed by atoms with Gasteiger partial charge >= 0.3 is 0 Å². The molecule has 4 heterocycles. The van der Waals surface area contributed by atoms with Crippen LogP contribution in [0.2, 0.25) is 0 Å². The van der Waals surface area contributed by atoms with Crippen LogP contribution in [0.25, 0.3) is 0 Å². The topological polar surface area (TPSA) is 47.5 Å². The predicted molar refractivity (Wildman–Crippen MR) is 90.7 cm³/mol. The first-order valence-corrected chi connectivity index (χ1v) is 8.67. The van der Waals surface area contributed by atoms with Gasteiger partial charge in [0, 0.05) is 44.0 Å². The van der Waals surface area contributed by atoms with Gasteiger partial charge in [-0.15, -0.1) is 0 Å². The van der Waals surface area contributed by atoms with E-state index in [9.17, 15) is 4.39 Å². The molecule has 0 amide bonds. The van der Waals surface area contributed by atoms with Gasteiger partial charge in [0.2, 0.25) is 5.88 Å². The fourth-order valence-electron chi connectivity index (χ4n) is 3.77. The number of halogens is 1. The van der Waals surface area contributed by atoms with E-state index in [1.54, 1.807) is 12.3 Å². The van der Waals surface area contributed by atoms with Gasteiger partial charge in [-0.05, 0) is 37.6 Å². The Morgan fingerprint density at radius 1 is 1.32 bits per heavy atom. The number of aryl methyl sites for hydroxylation is 1. The van der Waals surface area contributed by atoms with Gasteiger partial charge in [0.15, 0.2) is 5.82 Å². The number of nitrogens with zero attached hydrogens (tertiary/aromatic N) is 3. The molecular weight excluding hydrogens is 321 g/mol. The van der Waals surface area contributed by atoms with Crippen LogP contribution in [-0.2, 0) is 11.3 Å². The minimum atomic E-state index is -0.420. The van der Waals surface area contributed by atoms with Gasteiger partial charge in [-0.2, -0.15) is 0 Å². The van der Waals surface area contributed by atoms with E-state index in [2.05, 4.69) is 20.9 Å². The molecular formula is C19H22FN3O2. The number of rotatable bonds is 5. The van der Waals surface area contributed by atoms with Crippen LogP contribution in [0, 0.1) is 18.7 Å². The molecule has 1 atom stereocenters. The summed E-state index contributed by atoms with van der Waals surface area (Å²) in [7, 11) is 0. The summed E-state index contributed by atoms with van der Waals surface area (Å²) in [6, 6.07) is 9.02. The highest BCUT2D eigenvalue weighted by atomic mass is 19.1. The standard InChI is InChI=1S/C19H22FN3O2/c1-14-4-2-5-16(22-14)10-23-12-19(13-23)15(7-9-25-19)11-24-18-17(20)6-3-8-21-18/h2-6,8,15H,7,9-13H2,1H3/t15-/m0/s1. The van der Waals surface area contributed by atoms with Gasteiger partial charge < -0.3 is 9.47 Å². The van der Waals surface area contributed by atoms with Gasteiger partial charge in [-0.3, -0.25) is 9.88 Å². The Hall–Kier alpha value is -2.05. The average molecular weight is 343 g/mol. The van der Waals surface area contributed by atoms with E-state index in [1.807, 2.05) is 19.1 Å². The van der Waals surface area contributed by atoms with Crippen LogP contribution in [-0.4, -0.2) is 46.8 Å². The van der Waals surface area contributed by atoms with Crippen molar-refractivity contribution in [3.8, 4) is 5.88 Å². The van der Waals surface area contributed by atoms with Crippen molar-refractivity contribution in [1.82, 2.24) is 14.9 Å². The quantitative estimate of drug-likeness (QED) is 0.835. The molecule has 25 heavy (non-hydrogen) atoms. The molecule has 132 valence electrons. The lowest BCUT2D eigenvalue weighted by molar-refractivity contribution is -0.141. The second-order valence-corrected chi connectivity index (χ2v) is 6.92. The largest absolute Gasteiger partial charge is 0.475 e. The lowest BCUT2D eigenvalue weighted by Crippen LogP contribution is -2.64. The summed E-state index contributed by atoms with van der Waals surface area (Å²) in [6.45, 7) is 5.73. The molecule has 6 heteroatoms. The van der Waals surface area contributed by atoms with Gasteiger partial charge in [0.25, 0.3) is 0 Å². The van der Waals surface area contributed by atoms with Crippen molar-refractivity contribution >= 4 is 0 Å². The first-order chi connectivity index (χ1) is 12.1. The Balaban J connectivity index is 1.34. The third-order valence-electron chi connectivity index (χ3n) is 5.06. The summed E-state index contributed by atoms with van der Waals surface area (Å²) in [5.74, 6) is -0.0865. The fourth-order valence-corrected chi connectivity index (χ4v) is 3.77. The maximum absolute atomic E-state index is 13.7. The van der Waals surface area contributed by atoms with Crippen LogP contribution in [0.4, 0.5) is 4.39 Å². The van der Waals surface area contributed by atoms with Gasteiger partial charge in [-0.1, -0.05) is 6.07 Å². The zero-order chi connectivity index (χ0) is 17.3. The molecule has 5 nitrogen and oxygen atoms in total. The van der Waals surface area contributed by atoms with Gasteiger partial charge in [-0.25, -0.2) is 9.37 Å². The van der Waals surface area contributed by atoms with Crippen LogP contribution in [0.15, 0.2) is 36.5 Å². The van der Waals surface area contributed by atoms with Crippen molar-refractivity contribution < 1.29 is 13.9 Å². The van der Waals surface area contributed by atoms with Crippen LogP contribution in [0.3, 0.4) is 0 Å². The van der Waals surface area contributed by atoms with Crippen LogP contribution in [0.5, 0.6) is 5.88 Å². The molecule has 4 rings (SSSR count). The van der Waals surface area contributed by atoms with E-state index in [4.69, 9.17) is 9.47 Å². The third-order valence-corrected chi connectivity index (χ3v) is 5.06. The fraction of sp³-hybridized carbons (Fsp3) is 0.474. The highest BCUT2D eigenvalue weighted by molar-refractivity contribution is 5.14. The van der Waals surface area contributed by atoms with Crippen LogP contribution < -0.4 is 4.74 Å². The van der Waals surface area contributed by atoms with E-state index in [1.165, 1.54) is 6.07 Å². The second kappa shape index (κ2) is 6.69. The van der Waals surface area contributed by atoms with Crippen molar-refractivity contribution in [1.29, 1.82) is 0 Å². The lowest BCUT2D eigenvalue weighted by Gasteiger charge is -2.50. The molecule has 2 fully saturated rings. The van der Waals surface area contributed by atoms with E-state index in [-0.39, 0.29) is 17.4 Å². The number of hydrogen-bond acceptors (Lipinski definition) is 5.